The lowest BCUT2D eigenvalue weighted by molar-refractivity contribution is -0.161. The Morgan fingerprint density at radius 3 is 0.732 bits per heavy atom. The molecule has 0 aliphatic carbocycles. The van der Waals surface area contributed by atoms with E-state index < -0.39 is 97.5 Å². The van der Waals surface area contributed by atoms with Crippen LogP contribution in [0.5, 0.6) is 0 Å². The molecule has 0 saturated carbocycles. The van der Waals surface area contributed by atoms with Gasteiger partial charge in [0.15, 0.2) is 12.2 Å². The van der Waals surface area contributed by atoms with Crippen molar-refractivity contribution >= 4 is 39.5 Å². The Kier molecular flexibility index (Phi) is 65.9. The van der Waals surface area contributed by atoms with E-state index in [4.69, 9.17) is 37.0 Å². The summed E-state index contributed by atoms with van der Waals surface area (Å²) >= 11 is 0. The van der Waals surface area contributed by atoms with Crippen LogP contribution in [0.15, 0.2) is 0 Å². The second kappa shape index (κ2) is 67.2. The van der Waals surface area contributed by atoms with Crippen molar-refractivity contribution in [2.24, 2.45) is 23.7 Å². The van der Waals surface area contributed by atoms with E-state index in [0.717, 1.165) is 120 Å². The first kappa shape index (κ1) is 95.1. The zero-order valence-electron chi connectivity index (χ0n) is 63.7. The van der Waals surface area contributed by atoms with Crippen LogP contribution >= 0.6 is 15.6 Å². The number of carbonyl (C=O) groups excluding carboxylic acids is 4. The Hall–Kier alpha value is -1.94. The van der Waals surface area contributed by atoms with Gasteiger partial charge < -0.3 is 33.8 Å². The van der Waals surface area contributed by atoms with Crippen LogP contribution in [0.4, 0.5) is 0 Å². The predicted octanol–water partition coefficient (Wildman–Crippen LogP) is 22.8. The van der Waals surface area contributed by atoms with Gasteiger partial charge >= 0.3 is 39.5 Å². The fourth-order valence-electron chi connectivity index (χ4n) is 11.9. The number of ether oxygens (including phenoxy) is 4. The molecule has 3 N–H and O–H groups in total. The number of unbranched alkanes of at least 4 members (excludes halogenated alkanes) is 40. The van der Waals surface area contributed by atoms with Crippen LogP contribution in [0.25, 0.3) is 0 Å². The van der Waals surface area contributed by atoms with Crippen molar-refractivity contribution in [2.75, 3.05) is 39.6 Å². The summed E-state index contributed by atoms with van der Waals surface area (Å²) in [5.41, 5.74) is 0. The molecule has 6 atom stereocenters. The van der Waals surface area contributed by atoms with Crippen LogP contribution in [0.3, 0.4) is 0 Å². The lowest BCUT2D eigenvalue weighted by atomic mass is 10.00. The third-order valence-corrected chi connectivity index (χ3v) is 20.3. The molecule has 3 unspecified atom stereocenters. The van der Waals surface area contributed by atoms with Gasteiger partial charge in [0, 0.05) is 25.7 Å². The van der Waals surface area contributed by atoms with Crippen LogP contribution in [0.1, 0.15) is 396 Å². The number of hydrogen-bond donors (Lipinski definition) is 3. The van der Waals surface area contributed by atoms with Gasteiger partial charge in [-0.25, -0.2) is 9.13 Å². The molecule has 0 saturated heterocycles. The van der Waals surface area contributed by atoms with Crippen molar-refractivity contribution in [1.82, 2.24) is 0 Å². The van der Waals surface area contributed by atoms with Crippen molar-refractivity contribution in [3.63, 3.8) is 0 Å². The van der Waals surface area contributed by atoms with Gasteiger partial charge in [0.25, 0.3) is 0 Å². The molecule has 0 aliphatic rings. The topological polar surface area (TPSA) is 237 Å². The van der Waals surface area contributed by atoms with Gasteiger partial charge in [-0.2, -0.15) is 0 Å². The molecular formula is C78H152O17P2. The van der Waals surface area contributed by atoms with Gasteiger partial charge in [-0.15, -0.1) is 0 Å². The van der Waals surface area contributed by atoms with Crippen molar-refractivity contribution in [3.8, 4) is 0 Å². The predicted molar refractivity (Wildman–Crippen MR) is 395 cm³/mol. The molecule has 0 bridgehead atoms. The Balaban J connectivity index is 5.21. The number of phosphoric acid groups is 2. The summed E-state index contributed by atoms with van der Waals surface area (Å²) in [6, 6.07) is 0. The summed E-state index contributed by atoms with van der Waals surface area (Å²) < 4.78 is 68.6. The smallest absolute Gasteiger partial charge is 0.462 e. The summed E-state index contributed by atoms with van der Waals surface area (Å²) in [7, 11) is -9.92. The summed E-state index contributed by atoms with van der Waals surface area (Å²) in [6.45, 7) is 14.2. The largest absolute Gasteiger partial charge is 0.472 e. The molecule has 0 rings (SSSR count). The molecule has 0 aliphatic heterocycles. The molecule has 97 heavy (non-hydrogen) atoms. The minimum absolute atomic E-state index is 0.106. The zero-order chi connectivity index (χ0) is 71.7. The Morgan fingerprint density at radius 2 is 0.495 bits per heavy atom. The number of aliphatic hydroxyl groups is 1. The number of esters is 4. The lowest BCUT2D eigenvalue weighted by Crippen LogP contribution is -2.30. The Labute approximate surface area is 594 Å². The number of carbonyl (C=O) groups is 4. The number of rotatable bonds is 75. The first-order valence-corrected chi connectivity index (χ1v) is 43.2. The molecule has 17 nitrogen and oxygen atoms in total. The van der Waals surface area contributed by atoms with Crippen LogP contribution < -0.4 is 0 Å². The van der Waals surface area contributed by atoms with E-state index in [0.29, 0.717) is 25.7 Å². The van der Waals surface area contributed by atoms with Crippen molar-refractivity contribution < 1.29 is 80.2 Å². The van der Waals surface area contributed by atoms with E-state index in [9.17, 15) is 43.2 Å². The molecule has 0 aromatic rings. The minimum Gasteiger partial charge on any atom is -0.462 e. The summed E-state index contributed by atoms with van der Waals surface area (Å²) in [5.74, 6) is 0.942. The fraction of sp³-hybridized carbons (Fsp3) is 0.949. The highest BCUT2D eigenvalue weighted by atomic mass is 31.2. The minimum atomic E-state index is -4.96. The number of phosphoric ester groups is 2. The normalized spacial score (nSPS) is 14.4. The van der Waals surface area contributed by atoms with Crippen LogP contribution in [-0.4, -0.2) is 96.7 Å². The van der Waals surface area contributed by atoms with Crippen molar-refractivity contribution in [1.29, 1.82) is 0 Å². The molecule has 0 aromatic carbocycles. The Bertz CT molecular complexity index is 1900. The second-order valence-corrected chi connectivity index (χ2v) is 32.7. The summed E-state index contributed by atoms with van der Waals surface area (Å²) in [5, 5.41) is 10.6. The summed E-state index contributed by atoms with van der Waals surface area (Å²) in [6.07, 6.45) is 52.8. The van der Waals surface area contributed by atoms with Gasteiger partial charge in [0.05, 0.1) is 26.4 Å². The third-order valence-electron chi connectivity index (χ3n) is 18.4. The van der Waals surface area contributed by atoms with Gasteiger partial charge in [-0.1, -0.05) is 344 Å². The Morgan fingerprint density at radius 1 is 0.289 bits per heavy atom. The average molecular weight is 1420 g/mol. The van der Waals surface area contributed by atoms with Gasteiger partial charge in [0.2, 0.25) is 0 Å². The molecule has 19 heteroatoms. The van der Waals surface area contributed by atoms with E-state index >= 15 is 0 Å². The third kappa shape index (κ3) is 70.9. The molecule has 0 heterocycles. The monoisotopic (exact) mass is 1420 g/mol. The average Bonchev–Trinajstić information content (AvgIpc) is 1.52. The molecule has 0 radical (unpaired) electrons. The van der Waals surface area contributed by atoms with Crippen LogP contribution in [0.2, 0.25) is 0 Å². The van der Waals surface area contributed by atoms with E-state index in [1.165, 1.54) is 193 Å². The fourth-order valence-corrected chi connectivity index (χ4v) is 13.5. The second-order valence-electron chi connectivity index (χ2n) is 29.8. The van der Waals surface area contributed by atoms with Crippen LogP contribution in [0, 0.1) is 23.7 Å². The van der Waals surface area contributed by atoms with Crippen LogP contribution in [-0.2, 0) is 65.4 Å². The molecule has 0 amide bonds. The first-order valence-electron chi connectivity index (χ1n) is 40.2. The maximum absolute atomic E-state index is 13.1. The molecule has 576 valence electrons. The molecule has 0 fully saturated rings. The molecule has 0 spiro atoms. The standard InChI is InChI=1S/C78H152O17P2/c1-9-71(8)57-49-41-36-37-43-51-59-76(81)89-65-74(95-78(83)61-53-45-35-27-23-19-15-14-17-21-25-31-39-47-55-69(4)5)67-93-97(86,87)91-63-72(79)62-90-96(84,85)92-66-73(64-88-75(80)58-50-42-33-29-28-32-40-48-56-70(6)7)94-77(82)60-52-44-34-26-22-18-13-11-10-12-16-20-24-30-38-46-54-68(2)3/h68-74,79H,9-67H2,1-8H3,(H,84,85)(H,86,87)/t71?,72-,73-,74-/m1/s1. The van der Waals surface area contributed by atoms with Gasteiger partial charge in [0.1, 0.15) is 19.3 Å². The summed E-state index contributed by atoms with van der Waals surface area (Å²) in [4.78, 5) is 72.9. The van der Waals surface area contributed by atoms with E-state index in [2.05, 4.69) is 55.4 Å². The highest BCUT2D eigenvalue weighted by Crippen LogP contribution is 2.45. The van der Waals surface area contributed by atoms with Gasteiger partial charge in [-0.3, -0.25) is 37.3 Å². The maximum Gasteiger partial charge on any atom is 0.472 e. The van der Waals surface area contributed by atoms with Gasteiger partial charge in [-0.05, 0) is 49.4 Å². The number of hydrogen-bond acceptors (Lipinski definition) is 15. The maximum atomic E-state index is 13.1. The van der Waals surface area contributed by atoms with E-state index in [1.807, 2.05) is 0 Å². The van der Waals surface area contributed by atoms with Crippen molar-refractivity contribution in [2.45, 2.75) is 414 Å². The first-order chi connectivity index (χ1) is 46.6. The number of aliphatic hydroxyl groups excluding tert-OH is 1. The zero-order valence-corrected chi connectivity index (χ0v) is 65.5. The SMILES string of the molecule is CCC(C)CCCCCCCCC(=O)OC[C@H](COP(=O)(O)OC[C@H](O)COP(=O)(O)OC[C@@H](COC(=O)CCCCCCCCCCC(C)C)OC(=O)CCCCCCCCCCCCCCCCCCC(C)C)OC(=O)CCCCCCCCCCCCCCCCC(C)C. The van der Waals surface area contributed by atoms with E-state index in [1.54, 1.807) is 0 Å². The highest BCUT2D eigenvalue weighted by molar-refractivity contribution is 7.47. The van der Waals surface area contributed by atoms with E-state index in [-0.39, 0.29) is 25.7 Å². The van der Waals surface area contributed by atoms with Crippen molar-refractivity contribution in [3.05, 3.63) is 0 Å². The molecule has 0 aromatic heterocycles. The highest BCUT2D eigenvalue weighted by Gasteiger charge is 2.30. The molecular weight excluding hydrogens is 1270 g/mol. The lowest BCUT2D eigenvalue weighted by Gasteiger charge is -2.21. The quantitative estimate of drug-likeness (QED) is 0.0222.